The van der Waals surface area contributed by atoms with E-state index in [4.69, 9.17) is 14.2 Å². The van der Waals surface area contributed by atoms with Crippen molar-refractivity contribution in [3.05, 3.63) is 29.8 Å². The van der Waals surface area contributed by atoms with Crippen LogP contribution in [0, 0.1) is 0 Å². The molecule has 1 aliphatic heterocycles. The van der Waals surface area contributed by atoms with E-state index < -0.39 is 0 Å². The monoisotopic (exact) mass is 263 g/mol. The predicted molar refractivity (Wildman–Crippen MR) is 72.5 cm³/mol. The molecule has 0 radical (unpaired) electrons. The van der Waals surface area contributed by atoms with Gasteiger partial charge in [0, 0.05) is 18.2 Å². The third-order valence-corrected chi connectivity index (χ3v) is 3.62. The van der Waals surface area contributed by atoms with Crippen LogP contribution >= 0.6 is 0 Å². The summed E-state index contributed by atoms with van der Waals surface area (Å²) in [6, 6.07) is 8.76. The first-order chi connectivity index (χ1) is 9.36. The summed E-state index contributed by atoms with van der Waals surface area (Å²) in [6.07, 6.45) is 2.82. The molecular formula is C15H21NO3. The summed E-state index contributed by atoms with van der Waals surface area (Å²) in [6.45, 7) is 2.24. The molecule has 1 saturated heterocycles. The summed E-state index contributed by atoms with van der Waals surface area (Å²) < 4.78 is 16.8. The van der Waals surface area contributed by atoms with Crippen LogP contribution in [0.1, 0.15) is 24.5 Å². The quantitative estimate of drug-likeness (QED) is 0.815. The second-order valence-corrected chi connectivity index (χ2v) is 5.21. The first-order valence-corrected chi connectivity index (χ1v) is 6.96. The minimum atomic E-state index is 0.0330. The van der Waals surface area contributed by atoms with Gasteiger partial charge in [0.2, 0.25) is 0 Å². The van der Waals surface area contributed by atoms with Gasteiger partial charge in [0.1, 0.15) is 11.9 Å². The molecule has 19 heavy (non-hydrogen) atoms. The summed E-state index contributed by atoms with van der Waals surface area (Å²) in [5, 5.41) is 3.54. The molecule has 0 amide bonds. The van der Waals surface area contributed by atoms with Crippen LogP contribution in [-0.2, 0) is 9.47 Å². The number of hydrogen-bond donors (Lipinski definition) is 1. The van der Waals surface area contributed by atoms with E-state index in [1.807, 2.05) is 18.2 Å². The zero-order chi connectivity index (χ0) is 13.1. The largest absolute Gasteiger partial charge is 0.496 e. The summed E-state index contributed by atoms with van der Waals surface area (Å²) in [4.78, 5) is 0. The van der Waals surface area contributed by atoms with Gasteiger partial charge in [-0.05, 0) is 18.9 Å². The standard InChI is InChI=1S/C15H21NO3/c1-17-14-5-3-2-4-13(14)15(8-16-11-6-7-11)19-12-9-18-10-12/h2-5,11-12,15-16H,6-10H2,1H3. The number of para-hydroxylation sites is 1. The molecule has 4 heteroatoms. The van der Waals surface area contributed by atoms with Crippen molar-refractivity contribution in [3.63, 3.8) is 0 Å². The van der Waals surface area contributed by atoms with Gasteiger partial charge in [-0.2, -0.15) is 0 Å². The number of rotatable bonds is 7. The van der Waals surface area contributed by atoms with E-state index in [1.165, 1.54) is 12.8 Å². The van der Waals surface area contributed by atoms with Gasteiger partial charge in [0.25, 0.3) is 0 Å². The minimum Gasteiger partial charge on any atom is -0.496 e. The van der Waals surface area contributed by atoms with Crippen molar-refractivity contribution < 1.29 is 14.2 Å². The Hall–Kier alpha value is -1.10. The van der Waals surface area contributed by atoms with Crippen LogP contribution in [0.3, 0.4) is 0 Å². The van der Waals surface area contributed by atoms with Crippen LogP contribution in [0.5, 0.6) is 5.75 Å². The molecule has 1 heterocycles. The highest BCUT2D eigenvalue weighted by atomic mass is 16.6. The van der Waals surface area contributed by atoms with Crippen molar-refractivity contribution in [2.24, 2.45) is 0 Å². The Morgan fingerprint density at radius 1 is 1.32 bits per heavy atom. The highest BCUT2D eigenvalue weighted by Crippen LogP contribution is 2.30. The van der Waals surface area contributed by atoms with Crippen LogP contribution in [0.4, 0.5) is 0 Å². The van der Waals surface area contributed by atoms with E-state index in [-0.39, 0.29) is 12.2 Å². The van der Waals surface area contributed by atoms with E-state index in [1.54, 1.807) is 7.11 Å². The molecule has 0 spiro atoms. The van der Waals surface area contributed by atoms with E-state index in [0.29, 0.717) is 19.3 Å². The first kappa shape index (κ1) is 12.9. The zero-order valence-electron chi connectivity index (χ0n) is 11.3. The van der Waals surface area contributed by atoms with Crippen molar-refractivity contribution in [2.45, 2.75) is 31.1 Å². The average Bonchev–Trinajstić information content (AvgIpc) is 3.21. The van der Waals surface area contributed by atoms with Crippen LogP contribution in [0.15, 0.2) is 24.3 Å². The Balaban J connectivity index is 1.70. The molecule has 3 rings (SSSR count). The maximum Gasteiger partial charge on any atom is 0.124 e. The molecule has 4 nitrogen and oxygen atoms in total. The van der Waals surface area contributed by atoms with Crippen molar-refractivity contribution in [1.29, 1.82) is 0 Å². The number of hydrogen-bond acceptors (Lipinski definition) is 4. The molecule has 2 aliphatic rings. The topological polar surface area (TPSA) is 39.7 Å². The Kier molecular flexibility index (Phi) is 4.01. The maximum atomic E-state index is 6.13. The third-order valence-electron chi connectivity index (χ3n) is 3.62. The number of benzene rings is 1. The van der Waals surface area contributed by atoms with Gasteiger partial charge in [0.15, 0.2) is 0 Å². The van der Waals surface area contributed by atoms with Gasteiger partial charge >= 0.3 is 0 Å². The number of methoxy groups -OCH3 is 1. The van der Waals surface area contributed by atoms with E-state index in [9.17, 15) is 0 Å². The lowest BCUT2D eigenvalue weighted by molar-refractivity contribution is -0.155. The molecule has 1 N–H and O–H groups in total. The van der Waals surface area contributed by atoms with Crippen molar-refractivity contribution in [1.82, 2.24) is 5.32 Å². The van der Waals surface area contributed by atoms with Gasteiger partial charge < -0.3 is 19.5 Å². The van der Waals surface area contributed by atoms with Crippen LogP contribution in [0.25, 0.3) is 0 Å². The fourth-order valence-electron chi connectivity index (χ4n) is 2.25. The number of nitrogens with one attached hydrogen (secondary N) is 1. The zero-order valence-corrected chi connectivity index (χ0v) is 11.3. The lowest BCUT2D eigenvalue weighted by Gasteiger charge is -2.31. The molecule has 1 aromatic carbocycles. The lowest BCUT2D eigenvalue weighted by atomic mass is 10.1. The summed E-state index contributed by atoms with van der Waals surface area (Å²) in [5.41, 5.74) is 1.12. The molecule has 1 saturated carbocycles. The molecule has 0 bridgehead atoms. The maximum absolute atomic E-state index is 6.13. The van der Waals surface area contributed by atoms with E-state index in [0.717, 1.165) is 17.9 Å². The van der Waals surface area contributed by atoms with Crippen LogP contribution < -0.4 is 10.1 Å². The van der Waals surface area contributed by atoms with E-state index >= 15 is 0 Å². The van der Waals surface area contributed by atoms with Gasteiger partial charge in [-0.25, -0.2) is 0 Å². The molecule has 1 aliphatic carbocycles. The van der Waals surface area contributed by atoms with Crippen molar-refractivity contribution >= 4 is 0 Å². The lowest BCUT2D eigenvalue weighted by Crippen LogP contribution is -2.39. The smallest absolute Gasteiger partial charge is 0.124 e. The van der Waals surface area contributed by atoms with Crippen LogP contribution in [0.2, 0.25) is 0 Å². The average molecular weight is 263 g/mol. The highest BCUT2D eigenvalue weighted by molar-refractivity contribution is 5.35. The molecule has 104 valence electrons. The number of ether oxygens (including phenoxy) is 3. The summed E-state index contributed by atoms with van der Waals surface area (Å²) >= 11 is 0. The Morgan fingerprint density at radius 2 is 2.11 bits per heavy atom. The normalized spacial score (nSPS) is 20.9. The molecule has 2 fully saturated rings. The van der Waals surface area contributed by atoms with Gasteiger partial charge in [-0.15, -0.1) is 0 Å². The summed E-state index contributed by atoms with van der Waals surface area (Å²) in [7, 11) is 1.71. The van der Waals surface area contributed by atoms with Crippen molar-refractivity contribution in [3.8, 4) is 5.75 Å². The third kappa shape index (κ3) is 3.26. The van der Waals surface area contributed by atoms with Crippen LogP contribution in [-0.4, -0.2) is 39.0 Å². The molecule has 1 unspecified atom stereocenters. The molecule has 1 atom stereocenters. The Bertz CT molecular complexity index is 416. The fourth-order valence-corrected chi connectivity index (χ4v) is 2.25. The minimum absolute atomic E-state index is 0.0330. The van der Waals surface area contributed by atoms with Gasteiger partial charge in [0.05, 0.1) is 26.4 Å². The van der Waals surface area contributed by atoms with E-state index in [2.05, 4.69) is 11.4 Å². The fraction of sp³-hybridized carbons (Fsp3) is 0.600. The molecular weight excluding hydrogens is 242 g/mol. The summed E-state index contributed by atoms with van der Waals surface area (Å²) in [5.74, 6) is 0.894. The SMILES string of the molecule is COc1ccccc1C(CNC1CC1)OC1COC1. The predicted octanol–water partition coefficient (Wildman–Crippen LogP) is 1.90. The Morgan fingerprint density at radius 3 is 2.74 bits per heavy atom. The highest BCUT2D eigenvalue weighted by Gasteiger charge is 2.28. The first-order valence-electron chi connectivity index (χ1n) is 6.96. The molecule has 0 aromatic heterocycles. The van der Waals surface area contributed by atoms with Gasteiger partial charge in [-0.3, -0.25) is 0 Å². The second-order valence-electron chi connectivity index (χ2n) is 5.21. The molecule has 1 aromatic rings. The Labute approximate surface area is 114 Å². The second kappa shape index (κ2) is 5.90. The van der Waals surface area contributed by atoms with Gasteiger partial charge in [-0.1, -0.05) is 18.2 Å². The van der Waals surface area contributed by atoms with Crippen molar-refractivity contribution in [2.75, 3.05) is 26.9 Å².